The molecule has 0 radical (unpaired) electrons. The van der Waals surface area contributed by atoms with E-state index in [4.69, 9.17) is 4.74 Å². The van der Waals surface area contributed by atoms with Crippen LogP contribution in [-0.4, -0.2) is 12.9 Å². The van der Waals surface area contributed by atoms with Gasteiger partial charge in [-0.2, -0.15) is 0 Å². The van der Waals surface area contributed by atoms with Crippen molar-refractivity contribution in [2.75, 3.05) is 7.11 Å². The summed E-state index contributed by atoms with van der Waals surface area (Å²) in [4.78, 5) is 13.2. The molecule has 1 aromatic carbocycles. The van der Waals surface area contributed by atoms with Crippen molar-refractivity contribution in [2.24, 2.45) is 0 Å². The van der Waals surface area contributed by atoms with Gasteiger partial charge in [0.25, 0.3) is 0 Å². The predicted octanol–water partition coefficient (Wildman–Crippen LogP) is 4.11. The minimum Gasteiger partial charge on any atom is -0.495 e. The molecule has 0 atom stereocenters. The minimum absolute atomic E-state index is 0.0456. The number of ketones is 1. The Kier molecular flexibility index (Phi) is 4.38. The molecule has 19 heavy (non-hydrogen) atoms. The van der Waals surface area contributed by atoms with Crippen molar-refractivity contribution in [2.45, 2.75) is 26.7 Å². The van der Waals surface area contributed by atoms with Crippen molar-refractivity contribution in [1.82, 2.24) is 0 Å². The topological polar surface area (TPSA) is 26.3 Å². The summed E-state index contributed by atoms with van der Waals surface area (Å²) in [5, 5.41) is 1.88. The lowest BCUT2D eigenvalue weighted by Gasteiger charge is -2.08. The fourth-order valence-electron chi connectivity index (χ4n) is 2.20. The SMILES string of the molecule is CCc1ccc(C(=O)c2sccc2OC)cc1CC. The third-order valence-electron chi connectivity index (χ3n) is 3.29. The zero-order chi connectivity index (χ0) is 13.8. The van der Waals surface area contributed by atoms with E-state index in [0.717, 1.165) is 18.4 Å². The first-order valence-corrected chi connectivity index (χ1v) is 7.37. The third-order valence-corrected chi connectivity index (χ3v) is 4.18. The number of carbonyl (C=O) groups is 1. The first-order valence-electron chi connectivity index (χ1n) is 6.49. The smallest absolute Gasteiger partial charge is 0.206 e. The van der Waals surface area contributed by atoms with Crippen LogP contribution in [0.4, 0.5) is 0 Å². The van der Waals surface area contributed by atoms with Gasteiger partial charge in [-0.05, 0) is 41.5 Å². The van der Waals surface area contributed by atoms with Crippen molar-refractivity contribution in [1.29, 1.82) is 0 Å². The Morgan fingerprint density at radius 3 is 2.53 bits per heavy atom. The molecule has 0 fully saturated rings. The Hall–Kier alpha value is -1.61. The van der Waals surface area contributed by atoms with E-state index in [1.165, 1.54) is 22.5 Å². The highest BCUT2D eigenvalue weighted by molar-refractivity contribution is 7.12. The largest absolute Gasteiger partial charge is 0.495 e. The van der Waals surface area contributed by atoms with Crippen LogP contribution in [-0.2, 0) is 12.8 Å². The number of ether oxygens (including phenoxy) is 1. The second kappa shape index (κ2) is 6.02. The van der Waals surface area contributed by atoms with Crippen LogP contribution in [0.2, 0.25) is 0 Å². The van der Waals surface area contributed by atoms with Crippen LogP contribution in [0, 0.1) is 0 Å². The Balaban J connectivity index is 2.39. The van der Waals surface area contributed by atoms with Crippen LogP contribution in [0.1, 0.15) is 40.2 Å². The lowest BCUT2D eigenvalue weighted by atomic mass is 9.98. The highest BCUT2D eigenvalue weighted by atomic mass is 32.1. The predicted molar refractivity (Wildman–Crippen MR) is 79.5 cm³/mol. The maximum atomic E-state index is 12.5. The van der Waals surface area contributed by atoms with Crippen molar-refractivity contribution in [3.63, 3.8) is 0 Å². The summed E-state index contributed by atoms with van der Waals surface area (Å²) < 4.78 is 5.22. The first kappa shape index (κ1) is 13.8. The van der Waals surface area contributed by atoms with Crippen molar-refractivity contribution >= 4 is 17.1 Å². The van der Waals surface area contributed by atoms with Gasteiger partial charge < -0.3 is 4.74 Å². The fraction of sp³-hybridized carbons (Fsp3) is 0.312. The van der Waals surface area contributed by atoms with Gasteiger partial charge in [0.2, 0.25) is 5.78 Å². The average molecular weight is 274 g/mol. The quantitative estimate of drug-likeness (QED) is 0.767. The molecular weight excluding hydrogens is 256 g/mol. The van der Waals surface area contributed by atoms with E-state index in [1.807, 2.05) is 23.6 Å². The summed E-state index contributed by atoms with van der Waals surface area (Å²) in [5.41, 5.74) is 3.32. The zero-order valence-electron chi connectivity index (χ0n) is 11.5. The van der Waals surface area contributed by atoms with E-state index in [1.54, 1.807) is 7.11 Å². The van der Waals surface area contributed by atoms with Crippen LogP contribution < -0.4 is 4.74 Å². The maximum Gasteiger partial charge on any atom is 0.206 e. The Bertz CT molecular complexity index is 584. The third kappa shape index (κ3) is 2.71. The summed E-state index contributed by atoms with van der Waals surface area (Å²) in [7, 11) is 1.59. The number of methoxy groups -OCH3 is 1. The van der Waals surface area contributed by atoms with Gasteiger partial charge in [0.05, 0.1) is 7.11 Å². The molecular formula is C16H18O2S. The molecule has 2 nitrogen and oxygen atoms in total. The van der Waals surface area contributed by atoms with Crippen LogP contribution in [0.3, 0.4) is 0 Å². The van der Waals surface area contributed by atoms with Gasteiger partial charge in [-0.25, -0.2) is 0 Å². The van der Waals surface area contributed by atoms with Crippen molar-refractivity contribution in [3.05, 3.63) is 51.2 Å². The molecule has 100 valence electrons. The molecule has 0 aliphatic heterocycles. The molecule has 0 aliphatic carbocycles. The second-order valence-corrected chi connectivity index (χ2v) is 5.25. The first-order chi connectivity index (χ1) is 9.21. The normalized spacial score (nSPS) is 10.5. The Labute approximate surface area is 118 Å². The monoisotopic (exact) mass is 274 g/mol. The highest BCUT2D eigenvalue weighted by Crippen LogP contribution is 2.28. The van der Waals surface area contributed by atoms with Gasteiger partial charge in [-0.1, -0.05) is 26.0 Å². The number of aryl methyl sites for hydroxylation is 2. The molecule has 1 heterocycles. The summed E-state index contributed by atoms with van der Waals surface area (Å²) in [6.45, 7) is 4.26. The van der Waals surface area contributed by atoms with Gasteiger partial charge in [-0.15, -0.1) is 11.3 Å². The van der Waals surface area contributed by atoms with Crippen molar-refractivity contribution < 1.29 is 9.53 Å². The lowest BCUT2D eigenvalue weighted by Crippen LogP contribution is -2.03. The molecule has 0 saturated heterocycles. The number of carbonyl (C=O) groups excluding carboxylic acids is 1. The van der Waals surface area contributed by atoms with Crippen LogP contribution in [0.25, 0.3) is 0 Å². The molecule has 0 aliphatic rings. The molecule has 0 unspecified atom stereocenters. The van der Waals surface area contributed by atoms with Crippen LogP contribution in [0.15, 0.2) is 29.6 Å². The molecule has 2 aromatic rings. The van der Waals surface area contributed by atoms with E-state index in [2.05, 4.69) is 19.9 Å². The van der Waals surface area contributed by atoms with E-state index < -0.39 is 0 Å². The van der Waals surface area contributed by atoms with Gasteiger partial charge in [0.15, 0.2) is 0 Å². The molecule has 0 spiro atoms. The summed E-state index contributed by atoms with van der Waals surface area (Å²) >= 11 is 1.43. The Morgan fingerprint density at radius 2 is 1.89 bits per heavy atom. The van der Waals surface area contributed by atoms with Gasteiger partial charge >= 0.3 is 0 Å². The molecule has 0 bridgehead atoms. The second-order valence-electron chi connectivity index (χ2n) is 4.34. The van der Waals surface area contributed by atoms with E-state index >= 15 is 0 Å². The fourth-order valence-corrected chi connectivity index (χ4v) is 3.02. The number of hydrogen-bond donors (Lipinski definition) is 0. The van der Waals surface area contributed by atoms with E-state index in [0.29, 0.717) is 10.6 Å². The molecule has 1 aromatic heterocycles. The summed E-state index contributed by atoms with van der Waals surface area (Å²) in [6, 6.07) is 7.82. The van der Waals surface area contributed by atoms with Gasteiger partial charge in [0.1, 0.15) is 10.6 Å². The highest BCUT2D eigenvalue weighted by Gasteiger charge is 2.16. The molecule has 3 heteroatoms. The number of hydrogen-bond acceptors (Lipinski definition) is 3. The van der Waals surface area contributed by atoms with E-state index in [9.17, 15) is 4.79 Å². The maximum absolute atomic E-state index is 12.5. The summed E-state index contributed by atoms with van der Waals surface area (Å²) in [6.07, 6.45) is 1.95. The number of thiophene rings is 1. The molecule has 2 rings (SSSR count). The molecule has 0 saturated carbocycles. The van der Waals surface area contributed by atoms with Gasteiger partial charge in [0, 0.05) is 5.56 Å². The number of benzene rings is 1. The Morgan fingerprint density at radius 1 is 1.16 bits per heavy atom. The average Bonchev–Trinajstić information content (AvgIpc) is 2.94. The molecule has 0 N–H and O–H groups in total. The number of rotatable bonds is 5. The van der Waals surface area contributed by atoms with Crippen LogP contribution >= 0.6 is 11.3 Å². The molecule has 0 amide bonds. The van der Waals surface area contributed by atoms with Crippen LogP contribution in [0.5, 0.6) is 5.75 Å². The zero-order valence-corrected chi connectivity index (χ0v) is 12.3. The minimum atomic E-state index is 0.0456. The van der Waals surface area contributed by atoms with E-state index in [-0.39, 0.29) is 5.78 Å². The van der Waals surface area contributed by atoms with Gasteiger partial charge in [-0.3, -0.25) is 4.79 Å². The standard InChI is InChI=1S/C16H18O2S/c1-4-11-6-7-13(10-12(11)5-2)15(17)16-14(18-3)8-9-19-16/h6-10H,4-5H2,1-3H3. The lowest BCUT2D eigenvalue weighted by molar-refractivity contribution is 0.104. The summed E-state index contributed by atoms with van der Waals surface area (Å²) in [5.74, 6) is 0.705. The van der Waals surface area contributed by atoms with Crippen molar-refractivity contribution in [3.8, 4) is 5.75 Å².